The van der Waals surface area contributed by atoms with Crippen LogP contribution in [0.1, 0.15) is 18.4 Å². The highest BCUT2D eigenvalue weighted by Gasteiger charge is 2.40. The van der Waals surface area contributed by atoms with E-state index in [9.17, 15) is 26.4 Å². The molecule has 0 bridgehead atoms. The molecule has 9 heteroatoms. The average molecular weight is 350 g/mol. The second kappa shape index (κ2) is 6.12. The van der Waals surface area contributed by atoms with Gasteiger partial charge < -0.3 is 4.90 Å². The molecule has 1 saturated heterocycles. The van der Waals surface area contributed by atoms with Crippen molar-refractivity contribution in [3.8, 4) is 0 Å². The summed E-state index contributed by atoms with van der Waals surface area (Å²) in [7, 11) is -0.948. The minimum Gasteiger partial charge on any atom is -0.347 e. The molecule has 23 heavy (non-hydrogen) atoms. The normalized spacial score (nSPS) is 19.8. The number of sulfonamides is 1. The lowest BCUT2D eigenvalue weighted by molar-refractivity contribution is -0.137. The van der Waals surface area contributed by atoms with Gasteiger partial charge in [-0.2, -0.15) is 17.5 Å². The Kier molecular flexibility index (Phi) is 4.72. The van der Waals surface area contributed by atoms with E-state index in [2.05, 4.69) is 0 Å². The van der Waals surface area contributed by atoms with Crippen LogP contribution in [0.25, 0.3) is 0 Å². The number of halogens is 3. The van der Waals surface area contributed by atoms with Crippen LogP contribution in [-0.4, -0.2) is 50.2 Å². The molecule has 0 unspecified atom stereocenters. The number of carbonyl (C=O) groups excluding carboxylic acids is 1. The van der Waals surface area contributed by atoms with Gasteiger partial charge in [0.2, 0.25) is 15.9 Å². The molecule has 1 amide bonds. The molecule has 1 atom stereocenters. The van der Waals surface area contributed by atoms with E-state index >= 15 is 0 Å². The second-order valence-corrected chi connectivity index (χ2v) is 7.42. The van der Waals surface area contributed by atoms with Crippen molar-refractivity contribution in [3.05, 3.63) is 29.8 Å². The van der Waals surface area contributed by atoms with Gasteiger partial charge in [0.05, 0.1) is 10.5 Å². The molecule has 1 aliphatic rings. The number of amides is 1. The first-order chi connectivity index (χ1) is 10.5. The minimum atomic E-state index is -4.53. The molecule has 0 spiro atoms. The van der Waals surface area contributed by atoms with Gasteiger partial charge in [0, 0.05) is 20.6 Å². The van der Waals surface area contributed by atoms with Crippen LogP contribution in [0.5, 0.6) is 0 Å². The van der Waals surface area contributed by atoms with E-state index in [0.29, 0.717) is 12.8 Å². The van der Waals surface area contributed by atoms with Crippen molar-refractivity contribution in [2.24, 2.45) is 0 Å². The maximum Gasteiger partial charge on any atom is 0.416 e. The van der Waals surface area contributed by atoms with Gasteiger partial charge in [0.15, 0.2) is 0 Å². The lowest BCUT2D eigenvalue weighted by atomic mass is 10.2. The van der Waals surface area contributed by atoms with E-state index in [-0.39, 0.29) is 17.3 Å². The number of alkyl halides is 3. The number of carbonyl (C=O) groups is 1. The standard InChI is InChI=1S/C14H17F3N2O3S/c1-18(2)13(20)12-4-3-9-19(12)23(21,22)11-7-5-10(6-8-11)14(15,16)17/h5-8,12H,3-4,9H2,1-2H3/t12-/m0/s1. The van der Waals surface area contributed by atoms with Crippen molar-refractivity contribution >= 4 is 15.9 Å². The summed E-state index contributed by atoms with van der Waals surface area (Å²) in [5, 5.41) is 0. The van der Waals surface area contributed by atoms with Gasteiger partial charge in [-0.1, -0.05) is 0 Å². The summed E-state index contributed by atoms with van der Waals surface area (Å²) in [4.78, 5) is 13.2. The van der Waals surface area contributed by atoms with Crippen molar-refractivity contribution in [1.29, 1.82) is 0 Å². The van der Waals surface area contributed by atoms with Crippen LogP contribution in [0.15, 0.2) is 29.2 Å². The molecule has 1 aromatic rings. The molecule has 0 aromatic heterocycles. The van der Waals surface area contributed by atoms with Crippen LogP contribution < -0.4 is 0 Å². The second-order valence-electron chi connectivity index (χ2n) is 5.53. The lowest BCUT2D eigenvalue weighted by Gasteiger charge is -2.25. The highest BCUT2D eigenvalue weighted by Crippen LogP contribution is 2.31. The van der Waals surface area contributed by atoms with Gasteiger partial charge in [-0.15, -0.1) is 0 Å². The summed E-state index contributed by atoms with van der Waals surface area (Å²) in [6.45, 7) is 0.174. The van der Waals surface area contributed by atoms with E-state index in [0.717, 1.165) is 28.6 Å². The maximum absolute atomic E-state index is 12.6. The Morgan fingerprint density at radius 3 is 2.26 bits per heavy atom. The lowest BCUT2D eigenvalue weighted by Crippen LogP contribution is -2.45. The molecule has 1 aromatic carbocycles. The van der Waals surface area contributed by atoms with Crippen molar-refractivity contribution in [2.45, 2.75) is 30.0 Å². The van der Waals surface area contributed by atoms with Gasteiger partial charge >= 0.3 is 6.18 Å². The van der Waals surface area contributed by atoms with Gasteiger partial charge in [0.25, 0.3) is 0 Å². The Hall–Kier alpha value is -1.61. The number of nitrogens with zero attached hydrogens (tertiary/aromatic N) is 2. The molecule has 0 saturated carbocycles. The smallest absolute Gasteiger partial charge is 0.347 e. The van der Waals surface area contributed by atoms with Gasteiger partial charge in [-0.3, -0.25) is 4.79 Å². The number of rotatable bonds is 3. The summed E-state index contributed by atoms with van der Waals surface area (Å²) >= 11 is 0. The summed E-state index contributed by atoms with van der Waals surface area (Å²) in [6, 6.07) is 2.50. The van der Waals surface area contributed by atoms with Crippen LogP contribution in [0.3, 0.4) is 0 Å². The highest BCUT2D eigenvalue weighted by molar-refractivity contribution is 7.89. The van der Waals surface area contributed by atoms with Crippen LogP contribution in [0.4, 0.5) is 13.2 Å². The third-order valence-corrected chi connectivity index (χ3v) is 5.64. The molecular formula is C14H17F3N2O3S. The Morgan fingerprint density at radius 1 is 1.22 bits per heavy atom. The highest BCUT2D eigenvalue weighted by atomic mass is 32.2. The van der Waals surface area contributed by atoms with E-state index in [1.54, 1.807) is 0 Å². The monoisotopic (exact) mass is 350 g/mol. The van der Waals surface area contributed by atoms with Gasteiger partial charge in [-0.05, 0) is 37.1 Å². The molecule has 0 aliphatic carbocycles. The zero-order valence-corrected chi connectivity index (χ0v) is 13.5. The fraction of sp³-hybridized carbons (Fsp3) is 0.500. The Bertz CT molecular complexity index is 684. The largest absolute Gasteiger partial charge is 0.416 e. The summed E-state index contributed by atoms with van der Waals surface area (Å²) in [5.74, 6) is -0.335. The number of hydrogen-bond acceptors (Lipinski definition) is 3. The minimum absolute atomic E-state index is 0.174. The SMILES string of the molecule is CN(C)C(=O)[C@@H]1CCCN1S(=O)(=O)c1ccc(C(F)(F)F)cc1. The first-order valence-electron chi connectivity index (χ1n) is 6.95. The van der Waals surface area contributed by atoms with E-state index in [1.165, 1.54) is 19.0 Å². The van der Waals surface area contributed by atoms with Crippen LogP contribution in [0.2, 0.25) is 0 Å². The van der Waals surface area contributed by atoms with Crippen molar-refractivity contribution in [3.63, 3.8) is 0 Å². The molecule has 2 rings (SSSR count). The number of likely N-dealkylation sites (N-methyl/N-ethyl adjacent to an activating group) is 1. The molecular weight excluding hydrogens is 333 g/mol. The van der Waals surface area contributed by atoms with E-state index in [4.69, 9.17) is 0 Å². The molecule has 128 valence electrons. The third kappa shape index (κ3) is 3.50. The zero-order chi connectivity index (χ0) is 17.4. The van der Waals surface area contributed by atoms with E-state index in [1.807, 2.05) is 0 Å². The number of benzene rings is 1. The fourth-order valence-corrected chi connectivity index (χ4v) is 4.17. The summed E-state index contributed by atoms with van der Waals surface area (Å²) in [6.07, 6.45) is -3.60. The van der Waals surface area contributed by atoms with E-state index < -0.39 is 27.8 Å². The average Bonchev–Trinajstić information content (AvgIpc) is 2.95. The molecule has 5 nitrogen and oxygen atoms in total. The van der Waals surface area contributed by atoms with Crippen molar-refractivity contribution < 1.29 is 26.4 Å². The maximum atomic E-state index is 12.6. The third-order valence-electron chi connectivity index (χ3n) is 3.72. The fourth-order valence-electron chi connectivity index (χ4n) is 2.52. The number of hydrogen-bond donors (Lipinski definition) is 0. The van der Waals surface area contributed by atoms with Crippen molar-refractivity contribution in [1.82, 2.24) is 9.21 Å². The molecule has 1 fully saturated rings. The summed E-state index contributed by atoms with van der Waals surface area (Å²) in [5.41, 5.74) is -0.918. The zero-order valence-electron chi connectivity index (χ0n) is 12.7. The Balaban J connectivity index is 2.32. The van der Waals surface area contributed by atoms with Crippen LogP contribution in [0, 0.1) is 0 Å². The topological polar surface area (TPSA) is 57.7 Å². The van der Waals surface area contributed by atoms with Crippen LogP contribution >= 0.6 is 0 Å². The first kappa shape index (κ1) is 17.7. The van der Waals surface area contributed by atoms with Gasteiger partial charge in [0.1, 0.15) is 6.04 Å². The molecule has 1 aliphatic heterocycles. The quantitative estimate of drug-likeness (QED) is 0.837. The van der Waals surface area contributed by atoms with Crippen molar-refractivity contribution in [2.75, 3.05) is 20.6 Å². The van der Waals surface area contributed by atoms with Gasteiger partial charge in [-0.25, -0.2) is 8.42 Å². The predicted molar refractivity (Wildman–Crippen MR) is 77.1 cm³/mol. The Labute approximate surface area is 132 Å². The molecule has 0 N–H and O–H groups in total. The molecule has 0 radical (unpaired) electrons. The molecule has 1 heterocycles. The first-order valence-corrected chi connectivity index (χ1v) is 8.39. The predicted octanol–water partition coefficient (Wildman–Crippen LogP) is 1.95. The van der Waals surface area contributed by atoms with Crippen LogP contribution in [-0.2, 0) is 21.0 Å². The summed E-state index contributed by atoms with van der Waals surface area (Å²) < 4.78 is 64.0. The Morgan fingerprint density at radius 2 is 1.78 bits per heavy atom.